The van der Waals surface area contributed by atoms with Crippen molar-refractivity contribution in [3.63, 3.8) is 0 Å². The number of hydrogen-bond donors (Lipinski definition) is 3. The van der Waals surface area contributed by atoms with Crippen molar-refractivity contribution in [2.45, 2.75) is 26.7 Å². The van der Waals surface area contributed by atoms with Gasteiger partial charge >= 0.3 is 6.03 Å². The van der Waals surface area contributed by atoms with Crippen LogP contribution in [-0.2, 0) is 4.79 Å². The summed E-state index contributed by atoms with van der Waals surface area (Å²) in [5.41, 5.74) is 0. The fourth-order valence-corrected chi connectivity index (χ4v) is 2.22. The van der Waals surface area contributed by atoms with Crippen LogP contribution in [0.15, 0.2) is 0 Å². The number of rotatable bonds is 6. The Hall–Kier alpha value is -1.30. The minimum Gasteiger partial charge on any atom is -0.355 e. The number of hydrogen-bond acceptors (Lipinski definition) is 3. The van der Waals surface area contributed by atoms with Crippen molar-refractivity contribution in [3.8, 4) is 0 Å². The molecule has 1 aliphatic heterocycles. The van der Waals surface area contributed by atoms with Gasteiger partial charge in [-0.25, -0.2) is 4.79 Å². The lowest BCUT2D eigenvalue weighted by Gasteiger charge is -2.31. The molecular formula is C13H26N4O2. The zero-order chi connectivity index (χ0) is 14.1. The number of carbonyl (C=O) groups excluding carboxylic acids is 2. The lowest BCUT2D eigenvalue weighted by Crippen LogP contribution is -2.43. The molecule has 1 rings (SSSR count). The molecule has 1 aliphatic rings. The Morgan fingerprint density at radius 2 is 1.74 bits per heavy atom. The second-order valence-electron chi connectivity index (χ2n) is 5.00. The van der Waals surface area contributed by atoms with Crippen molar-refractivity contribution in [1.82, 2.24) is 20.9 Å². The van der Waals surface area contributed by atoms with Crippen molar-refractivity contribution in [2.75, 3.05) is 39.3 Å². The lowest BCUT2D eigenvalue weighted by atomic mass is 9.97. The van der Waals surface area contributed by atoms with Crippen LogP contribution in [-0.4, -0.2) is 56.1 Å². The third-order valence-corrected chi connectivity index (χ3v) is 3.49. The summed E-state index contributed by atoms with van der Waals surface area (Å²) < 4.78 is 0. The van der Waals surface area contributed by atoms with Crippen LogP contribution in [0.3, 0.4) is 0 Å². The number of carbonyl (C=O) groups is 2. The summed E-state index contributed by atoms with van der Waals surface area (Å²) in [6.45, 7) is 8.69. The van der Waals surface area contributed by atoms with E-state index < -0.39 is 0 Å². The normalized spacial score (nSPS) is 16.9. The second-order valence-corrected chi connectivity index (χ2v) is 5.00. The quantitative estimate of drug-likeness (QED) is 0.602. The van der Waals surface area contributed by atoms with Gasteiger partial charge in [0.1, 0.15) is 0 Å². The van der Waals surface area contributed by atoms with Gasteiger partial charge in [0.05, 0.1) is 0 Å². The van der Waals surface area contributed by atoms with E-state index in [0.29, 0.717) is 19.0 Å². The third kappa shape index (κ3) is 7.00. The van der Waals surface area contributed by atoms with Gasteiger partial charge in [0.25, 0.3) is 0 Å². The number of piperidine rings is 1. The van der Waals surface area contributed by atoms with Crippen LogP contribution in [0.25, 0.3) is 0 Å². The molecule has 1 fully saturated rings. The molecule has 3 amide bonds. The topological polar surface area (TPSA) is 73.5 Å². The van der Waals surface area contributed by atoms with Gasteiger partial charge in [-0.1, -0.05) is 6.92 Å². The highest BCUT2D eigenvalue weighted by Crippen LogP contribution is 2.15. The first kappa shape index (κ1) is 15.8. The Morgan fingerprint density at radius 1 is 1.11 bits per heavy atom. The fraction of sp³-hybridized carbons (Fsp3) is 0.846. The fourth-order valence-electron chi connectivity index (χ4n) is 2.22. The maximum atomic E-state index is 11.5. The number of amides is 3. The minimum absolute atomic E-state index is 0.0788. The van der Waals surface area contributed by atoms with E-state index in [-0.39, 0.29) is 11.9 Å². The van der Waals surface area contributed by atoms with Crippen LogP contribution in [0, 0.1) is 5.92 Å². The van der Waals surface area contributed by atoms with Gasteiger partial charge in [0, 0.05) is 26.6 Å². The summed E-state index contributed by atoms with van der Waals surface area (Å²) in [5.74, 6) is 0.508. The van der Waals surface area contributed by atoms with E-state index in [1.807, 2.05) is 0 Å². The molecule has 6 heteroatoms. The molecule has 0 saturated carbocycles. The van der Waals surface area contributed by atoms with Crippen LogP contribution >= 0.6 is 0 Å². The Balaban J connectivity index is 2.02. The van der Waals surface area contributed by atoms with E-state index in [4.69, 9.17) is 0 Å². The molecule has 6 nitrogen and oxygen atoms in total. The van der Waals surface area contributed by atoms with Crippen LogP contribution in [0.1, 0.15) is 26.7 Å². The van der Waals surface area contributed by atoms with E-state index in [0.717, 1.165) is 39.0 Å². The summed E-state index contributed by atoms with van der Waals surface area (Å²) in [4.78, 5) is 24.6. The average molecular weight is 270 g/mol. The SMILES string of the molecule is CCN1CCC(CNC(=O)NCCNC(C)=O)CC1. The summed E-state index contributed by atoms with van der Waals surface area (Å²) in [5, 5.41) is 8.25. The molecule has 110 valence electrons. The number of urea groups is 1. The molecule has 1 heterocycles. The van der Waals surface area contributed by atoms with Crippen molar-refractivity contribution >= 4 is 11.9 Å². The van der Waals surface area contributed by atoms with Crippen LogP contribution in [0.5, 0.6) is 0 Å². The molecule has 0 unspecified atom stereocenters. The van der Waals surface area contributed by atoms with Crippen LogP contribution in [0.2, 0.25) is 0 Å². The number of nitrogens with one attached hydrogen (secondary N) is 3. The van der Waals surface area contributed by atoms with E-state index in [1.54, 1.807) is 0 Å². The first-order valence-electron chi connectivity index (χ1n) is 7.10. The van der Waals surface area contributed by atoms with Gasteiger partial charge < -0.3 is 20.9 Å². The van der Waals surface area contributed by atoms with Gasteiger partial charge in [-0.15, -0.1) is 0 Å². The smallest absolute Gasteiger partial charge is 0.314 e. The molecule has 0 aliphatic carbocycles. The minimum atomic E-state index is -0.150. The monoisotopic (exact) mass is 270 g/mol. The number of nitrogens with zero attached hydrogens (tertiary/aromatic N) is 1. The highest BCUT2D eigenvalue weighted by molar-refractivity contribution is 5.74. The van der Waals surface area contributed by atoms with Gasteiger partial charge in [-0.3, -0.25) is 4.79 Å². The maximum absolute atomic E-state index is 11.5. The molecule has 0 aromatic carbocycles. The molecule has 0 bridgehead atoms. The molecule has 0 aromatic rings. The lowest BCUT2D eigenvalue weighted by molar-refractivity contribution is -0.118. The van der Waals surface area contributed by atoms with Crippen molar-refractivity contribution in [2.24, 2.45) is 5.92 Å². The molecule has 0 atom stereocenters. The standard InChI is InChI=1S/C13H26N4O2/c1-3-17-8-4-12(5-9-17)10-16-13(19)15-7-6-14-11(2)18/h12H,3-10H2,1-2H3,(H,14,18)(H2,15,16,19). The Bertz CT molecular complexity index is 288. The van der Waals surface area contributed by atoms with E-state index in [1.165, 1.54) is 6.92 Å². The van der Waals surface area contributed by atoms with Crippen molar-refractivity contribution in [3.05, 3.63) is 0 Å². The van der Waals surface area contributed by atoms with E-state index in [9.17, 15) is 9.59 Å². The van der Waals surface area contributed by atoms with Crippen LogP contribution in [0.4, 0.5) is 4.79 Å². The van der Waals surface area contributed by atoms with Crippen molar-refractivity contribution < 1.29 is 9.59 Å². The van der Waals surface area contributed by atoms with E-state index >= 15 is 0 Å². The average Bonchev–Trinajstić information content (AvgIpc) is 2.41. The van der Waals surface area contributed by atoms with Gasteiger partial charge in [-0.2, -0.15) is 0 Å². The van der Waals surface area contributed by atoms with E-state index in [2.05, 4.69) is 27.8 Å². The van der Waals surface area contributed by atoms with Gasteiger partial charge in [0.2, 0.25) is 5.91 Å². The third-order valence-electron chi connectivity index (χ3n) is 3.49. The van der Waals surface area contributed by atoms with Crippen molar-refractivity contribution in [1.29, 1.82) is 0 Å². The summed E-state index contributed by atoms with van der Waals surface area (Å²) in [6.07, 6.45) is 2.31. The van der Waals surface area contributed by atoms with Gasteiger partial charge in [-0.05, 0) is 38.4 Å². The first-order chi connectivity index (χ1) is 9.11. The second kappa shape index (κ2) is 8.74. The van der Waals surface area contributed by atoms with Gasteiger partial charge in [0.15, 0.2) is 0 Å². The molecule has 19 heavy (non-hydrogen) atoms. The predicted molar refractivity (Wildman–Crippen MR) is 74.9 cm³/mol. The zero-order valence-corrected chi connectivity index (χ0v) is 12.0. The largest absolute Gasteiger partial charge is 0.355 e. The molecule has 0 spiro atoms. The molecular weight excluding hydrogens is 244 g/mol. The highest BCUT2D eigenvalue weighted by atomic mass is 16.2. The Kier molecular flexibility index (Phi) is 7.25. The summed E-state index contributed by atoms with van der Waals surface area (Å²) in [6, 6.07) is -0.150. The summed E-state index contributed by atoms with van der Waals surface area (Å²) >= 11 is 0. The highest BCUT2D eigenvalue weighted by Gasteiger charge is 2.18. The first-order valence-corrected chi connectivity index (χ1v) is 7.10. The molecule has 0 radical (unpaired) electrons. The molecule has 1 saturated heterocycles. The molecule has 3 N–H and O–H groups in total. The molecule has 0 aromatic heterocycles. The maximum Gasteiger partial charge on any atom is 0.314 e. The Morgan fingerprint density at radius 3 is 2.32 bits per heavy atom. The number of likely N-dealkylation sites (tertiary alicyclic amines) is 1. The zero-order valence-electron chi connectivity index (χ0n) is 12.0. The Labute approximate surface area is 115 Å². The summed E-state index contributed by atoms with van der Waals surface area (Å²) in [7, 11) is 0. The predicted octanol–water partition coefficient (Wildman–Crippen LogP) is 0.154. The van der Waals surface area contributed by atoms with Crippen LogP contribution < -0.4 is 16.0 Å².